The van der Waals surface area contributed by atoms with Crippen molar-refractivity contribution in [2.75, 3.05) is 17.7 Å². The molecule has 3 rings (SSSR count). The first-order valence-corrected chi connectivity index (χ1v) is 9.22. The lowest BCUT2D eigenvalue weighted by Crippen LogP contribution is -2.13. The third-order valence-electron chi connectivity index (χ3n) is 4.05. The second-order valence-corrected chi connectivity index (χ2v) is 6.55. The summed E-state index contributed by atoms with van der Waals surface area (Å²) in [6, 6.07) is 21.0. The van der Waals surface area contributed by atoms with Gasteiger partial charge in [-0.05, 0) is 60.2 Å². The highest BCUT2D eigenvalue weighted by Gasteiger charge is 2.09. The Labute approximate surface area is 174 Å². The number of carbonyl (C=O) groups is 2. The summed E-state index contributed by atoms with van der Waals surface area (Å²) in [5.41, 5.74) is 2.46. The SMILES string of the molecule is COc1ccccc1NC(=O)c1ccc(NC(=O)/C=C/c2cccc(Cl)c2)cc1. The summed E-state index contributed by atoms with van der Waals surface area (Å²) in [5.74, 6) is 0.0284. The van der Waals surface area contributed by atoms with Gasteiger partial charge in [0.2, 0.25) is 5.91 Å². The van der Waals surface area contributed by atoms with Crippen LogP contribution in [0.4, 0.5) is 11.4 Å². The highest BCUT2D eigenvalue weighted by molar-refractivity contribution is 6.30. The average Bonchev–Trinajstić information content (AvgIpc) is 2.73. The van der Waals surface area contributed by atoms with Gasteiger partial charge in [-0.15, -0.1) is 0 Å². The molecule has 0 aliphatic rings. The van der Waals surface area contributed by atoms with Crippen molar-refractivity contribution in [3.05, 3.63) is 95.0 Å². The van der Waals surface area contributed by atoms with Gasteiger partial charge in [-0.2, -0.15) is 0 Å². The van der Waals surface area contributed by atoms with Gasteiger partial charge in [0.15, 0.2) is 0 Å². The Bertz CT molecular complexity index is 1050. The normalized spacial score (nSPS) is 10.6. The van der Waals surface area contributed by atoms with Crippen molar-refractivity contribution >= 4 is 40.9 Å². The first-order valence-electron chi connectivity index (χ1n) is 8.84. The van der Waals surface area contributed by atoms with Crippen LogP contribution in [-0.4, -0.2) is 18.9 Å². The highest BCUT2D eigenvalue weighted by Crippen LogP contribution is 2.24. The van der Waals surface area contributed by atoms with Crippen LogP contribution in [0.25, 0.3) is 6.08 Å². The fourth-order valence-corrected chi connectivity index (χ4v) is 2.81. The molecule has 2 N–H and O–H groups in total. The monoisotopic (exact) mass is 406 g/mol. The van der Waals surface area contributed by atoms with Crippen LogP contribution in [0.2, 0.25) is 5.02 Å². The smallest absolute Gasteiger partial charge is 0.255 e. The number of halogens is 1. The molecule has 0 spiro atoms. The molecule has 0 atom stereocenters. The molecule has 0 saturated heterocycles. The van der Waals surface area contributed by atoms with Gasteiger partial charge in [-0.25, -0.2) is 0 Å². The Kier molecular flexibility index (Phi) is 6.66. The number of amides is 2. The average molecular weight is 407 g/mol. The van der Waals surface area contributed by atoms with Gasteiger partial charge in [0.25, 0.3) is 5.91 Å². The van der Waals surface area contributed by atoms with E-state index in [0.29, 0.717) is 27.7 Å². The van der Waals surface area contributed by atoms with Gasteiger partial charge in [0, 0.05) is 22.3 Å². The predicted molar refractivity (Wildman–Crippen MR) is 117 cm³/mol. The van der Waals surface area contributed by atoms with Crippen LogP contribution in [-0.2, 0) is 4.79 Å². The number of ether oxygens (including phenoxy) is 1. The minimum absolute atomic E-state index is 0.270. The van der Waals surface area contributed by atoms with E-state index in [4.69, 9.17) is 16.3 Å². The molecule has 0 aliphatic carbocycles. The lowest BCUT2D eigenvalue weighted by molar-refractivity contribution is -0.111. The van der Waals surface area contributed by atoms with Gasteiger partial charge < -0.3 is 15.4 Å². The zero-order valence-corrected chi connectivity index (χ0v) is 16.4. The summed E-state index contributed by atoms with van der Waals surface area (Å²) >= 11 is 5.92. The zero-order chi connectivity index (χ0) is 20.6. The van der Waals surface area contributed by atoms with Crippen LogP contribution in [0.1, 0.15) is 15.9 Å². The van der Waals surface area contributed by atoms with Crippen LogP contribution < -0.4 is 15.4 Å². The van der Waals surface area contributed by atoms with Gasteiger partial charge in [0.05, 0.1) is 12.8 Å². The van der Waals surface area contributed by atoms with Crippen molar-refractivity contribution in [2.24, 2.45) is 0 Å². The maximum Gasteiger partial charge on any atom is 0.255 e. The highest BCUT2D eigenvalue weighted by atomic mass is 35.5. The number of para-hydroxylation sites is 2. The number of hydrogen-bond donors (Lipinski definition) is 2. The molecule has 5 nitrogen and oxygen atoms in total. The topological polar surface area (TPSA) is 67.4 Å². The predicted octanol–water partition coefficient (Wildman–Crippen LogP) is 5.25. The van der Waals surface area contributed by atoms with Gasteiger partial charge in [-0.3, -0.25) is 9.59 Å². The van der Waals surface area contributed by atoms with Crippen LogP contribution in [0.3, 0.4) is 0 Å². The fraction of sp³-hybridized carbons (Fsp3) is 0.0435. The van der Waals surface area contributed by atoms with Crippen LogP contribution >= 0.6 is 11.6 Å². The molecule has 146 valence electrons. The number of benzene rings is 3. The molecule has 6 heteroatoms. The summed E-state index contributed by atoms with van der Waals surface area (Å²) in [7, 11) is 1.54. The fourth-order valence-electron chi connectivity index (χ4n) is 2.61. The van der Waals surface area contributed by atoms with Crippen LogP contribution in [0.5, 0.6) is 5.75 Å². The largest absolute Gasteiger partial charge is 0.495 e. The van der Waals surface area contributed by atoms with Crippen molar-refractivity contribution in [2.45, 2.75) is 0 Å². The molecular weight excluding hydrogens is 388 g/mol. The summed E-state index contributed by atoms with van der Waals surface area (Å²) in [4.78, 5) is 24.5. The van der Waals surface area contributed by atoms with Gasteiger partial charge in [-0.1, -0.05) is 35.9 Å². The van der Waals surface area contributed by atoms with Crippen molar-refractivity contribution in [3.63, 3.8) is 0 Å². The van der Waals surface area contributed by atoms with Crippen molar-refractivity contribution < 1.29 is 14.3 Å². The molecule has 0 saturated carbocycles. The Morgan fingerprint density at radius 1 is 0.931 bits per heavy atom. The van der Waals surface area contributed by atoms with E-state index in [1.54, 1.807) is 61.7 Å². The number of methoxy groups -OCH3 is 1. The molecule has 0 bridgehead atoms. The van der Waals surface area contributed by atoms with E-state index in [2.05, 4.69) is 10.6 Å². The molecular formula is C23H19ClN2O3. The summed E-state index contributed by atoms with van der Waals surface area (Å²) in [6.45, 7) is 0. The summed E-state index contributed by atoms with van der Waals surface area (Å²) in [5, 5.41) is 6.16. The Morgan fingerprint density at radius 3 is 2.41 bits per heavy atom. The molecule has 2 amide bonds. The number of rotatable bonds is 6. The molecule has 0 aliphatic heterocycles. The first-order chi connectivity index (χ1) is 14.0. The molecule has 0 heterocycles. The van der Waals surface area contributed by atoms with Crippen LogP contribution in [0, 0.1) is 0 Å². The third-order valence-corrected chi connectivity index (χ3v) is 4.28. The van der Waals surface area contributed by atoms with E-state index in [9.17, 15) is 9.59 Å². The molecule has 0 radical (unpaired) electrons. The number of hydrogen-bond acceptors (Lipinski definition) is 3. The molecule has 3 aromatic rings. The minimum atomic E-state index is -0.281. The van der Waals surface area contributed by atoms with Crippen molar-refractivity contribution in [3.8, 4) is 5.75 Å². The molecule has 0 fully saturated rings. The molecule has 0 unspecified atom stereocenters. The molecule has 3 aromatic carbocycles. The second kappa shape index (κ2) is 9.57. The third kappa shape index (κ3) is 5.70. The summed E-state index contributed by atoms with van der Waals surface area (Å²) < 4.78 is 5.23. The van der Waals surface area contributed by atoms with Gasteiger partial charge in [0.1, 0.15) is 5.75 Å². The van der Waals surface area contributed by atoms with E-state index in [-0.39, 0.29) is 11.8 Å². The Balaban J connectivity index is 1.60. The molecule has 0 aromatic heterocycles. The van der Waals surface area contributed by atoms with E-state index in [1.807, 2.05) is 24.3 Å². The lowest BCUT2D eigenvalue weighted by atomic mass is 10.1. The van der Waals surface area contributed by atoms with E-state index in [0.717, 1.165) is 5.56 Å². The zero-order valence-electron chi connectivity index (χ0n) is 15.7. The maximum atomic E-state index is 12.4. The van der Waals surface area contributed by atoms with E-state index in [1.165, 1.54) is 6.08 Å². The summed E-state index contributed by atoms with van der Waals surface area (Å²) in [6.07, 6.45) is 3.10. The Morgan fingerprint density at radius 2 is 1.69 bits per heavy atom. The van der Waals surface area contributed by atoms with E-state index < -0.39 is 0 Å². The quantitative estimate of drug-likeness (QED) is 0.549. The van der Waals surface area contributed by atoms with E-state index >= 15 is 0 Å². The second-order valence-electron chi connectivity index (χ2n) is 6.11. The molecule has 29 heavy (non-hydrogen) atoms. The maximum absolute atomic E-state index is 12.4. The number of anilines is 2. The van der Waals surface area contributed by atoms with Crippen LogP contribution in [0.15, 0.2) is 78.9 Å². The minimum Gasteiger partial charge on any atom is -0.495 e. The first kappa shape index (κ1) is 20.2. The number of carbonyl (C=O) groups excluding carboxylic acids is 2. The lowest BCUT2D eigenvalue weighted by Gasteiger charge is -2.10. The van der Waals surface area contributed by atoms with Crippen molar-refractivity contribution in [1.82, 2.24) is 0 Å². The van der Waals surface area contributed by atoms with Crippen molar-refractivity contribution in [1.29, 1.82) is 0 Å². The Hall–Kier alpha value is -3.57. The standard InChI is InChI=1S/C23H19ClN2O3/c1-29-21-8-3-2-7-20(21)26-23(28)17-10-12-19(13-11-17)25-22(27)14-9-16-5-4-6-18(24)15-16/h2-15H,1H3,(H,25,27)(H,26,28)/b14-9+. The van der Waals surface area contributed by atoms with Gasteiger partial charge >= 0.3 is 0 Å². The number of nitrogens with one attached hydrogen (secondary N) is 2.